The number of imidazole rings is 1. The molecular weight excluding hydrogens is 567 g/mol. The van der Waals surface area contributed by atoms with Crippen molar-refractivity contribution in [2.75, 3.05) is 6.54 Å². The van der Waals surface area contributed by atoms with Crippen LogP contribution in [0.15, 0.2) is 66.3 Å². The highest BCUT2D eigenvalue weighted by Crippen LogP contribution is 2.51. The molecule has 0 radical (unpaired) electrons. The molecule has 3 aromatic heterocycles. The smallest absolute Gasteiger partial charge is 0.335 e. The fourth-order valence-corrected chi connectivity index (χ4v) is 6.75. The van der Waals surface area contributed by atoms with Crippen molar-refractivity contribution in [1.82, 2.24) is 24.4 Å². The third-order valence-corrected chi connectivity index (χ3v) is 9.18. The summed E-state index contributed by atoms with van der Waals surface area (Å²) < 4.78 is 22.3. The van der Waals surface area contributed by atoms with Crippen LogP contribution in [0.25, 0.3) is 11.0 Å². The van der Waals surface area contributed by atoms with Crippen molar-refractivity contribution in [2.45, 2.75) is 44.5 Å². The number of carboxylic acids is 1. The Labute approximate surface area is 250 Å². The SMILES string of the molecule is N#Cc1ccc(COc2cccc([C@H]3CCN(Cc4nc5ccc(C(=O)O)cc5n4Cc4cncs4)[C@@H]4C[C@H]34)n2)c(F)c1. The molecule has 0 unspecified atom stereocenters. The van der Waals surface area contributed by atoms with Gasteiger partial charge in [0.1, 0.15) is 18.2 Å². The van der Waals surface area contributed by atoms with Gasteiger partial charge in [0.15, 0.2) is 0 Å². The molecule has 4 heterocycles. The second-order valence-electron chi connectivity index (χ2n) is 11.0. The van der Waals surface area contributed by atoms with Gasteiger partial charge >= 0.3 is 5.97 Å². The first-order valence-corrected chi connectivity index (χ1v) is 15.0. The molecule has 0 bridgehead atoms. The van der Waals surface area contributed by atoms with Crippen LogP contribution in [0.3, 0.4) is 0 Å². The normalized spacial score (nSPS) is 19.6. The van der Waals surface area contributed by atoms with Crippen molar-refractivity contribution < 1.29 is 19.0 Å². The van der Waals surface area contributed by atoms with Gasteiger partial charge in [0.2, 0.25) is 5.88 Å². The monoisotopic (exact) mass is 594 g/mol. The van der Waals surface area contributed by atoms with E-state index in [1.54, 1.807) is 53.2 Å². The number of pyridine rings is 1. The van der Waals surface area contributed by atoms with Crippen LogP contribution in [0.4, 0.5) is 4.39 Å². The number of aromatic nitrogens is 4. The van der Waals surface area contributed by atoms with E-state index in [2.05, 4.69) is 14.5 Å². The summed E-state index contributed by atoms with van der Waals surface area (Å²) in [7, 11) is 0. The minimum atomic E-state index is -0.957. The second-order valence-corrected chi connectivity index (χ2v) is 12.0. The molecule has 1 aliphatic carbocycles. The number of benzene rings is 2. The zero-order valence-electron chi connectivity index (χ0n) is 23.1. The lowest BCUT2D eigenvalue weighted by molar-refractivity contribution is 0.0697. The number of carbonyl (C=O) groups is 1. The van der Waals surface area contributed by atoms with Crippen LogP contribution < -0.4 is 4.74 Å². The summed E-state index contributed by atoms with van der Waals surface area (Å²) in [5.74, 6) is 0.737. The molecule has 0 amide bonds. The number of likely N-dealkylation sites (tertiary alicyclic amines) is 1. The number of thiazole rings is 1. The fraction of sp³-hybridized carbons (Fsp3) is 0.281. The Morgan fingerprint density at radius 3 is 2.86 bits per heavy atom. The number of halogens is 1. The lowest BCUT2D eigenvalue weighted by Gasteiger charge is -2.31. The van der Waals surface area contributed by atoms with E-state index in [1.807, 2.05) is 24.4 Å². The van der Waals surface area contributed by atoms with E-state index in [9.17, 15) is 14.3 Å². The van der Waals surface area contributed by atoms with Crippen molar-refractivity contribution >= 4 is 28.3 Å². The first-order valence-electron chi connectivity index (χ1n) is 14.1. The molecule has 2 fully saturated rings. The predicted octanol–water partition coefficient (Wildman–Crippen LogP) is 5.60. The number of nitrogens with zero attached hydrogens (tertiary/aromatic N) is 6. The van der Waals surface area contributed by atoms with Crippen molar-refractivity contribution in [3.05, 3.63) is 105 Å². The van der Waals surface area contributed by atoms with Gasteiger partial charge in [-0.3, -0.25) is 9.88 Å². The molecule has 1 N–H and O–H groups in total. The average molecular weight is 595 g/mol. The molecule has 5 aromatic rings. The number of piperidine rings is 1. The summed E-state index contributed by atoms with van der Waals surface area (Å²) in [6.07, 6.45) is 3.86. The van der Waals surface area contributed by atoms with E-state index in [4.69, 9.17) is 20.0 Å². The Kier molecular flexibility index (Phi) is 7.08. The average Bonchev–Trinajstić information content (AvgIpc) is 3.53. The van der Waals surface area contributed by atoms with Crippen LogP contribution in [-0.4, -0.2) is 48.1 Å². The van der Waals surface area contributed by atoms with Gasteiger partial charge in [-0.2, -0.15) is 5.26 Å². The molecule has 1 saturated heterocycles. The topological polar surface area (TPSA) is 117 Å². The number of nitriles is 1. The molecule has 2 aliphatic rings. The number of aromatic carboxylic acids is 1. The number of rotatable bonds is 9. The van der Waals surface area contributed by atoms with Crippen LogP contribution >= 0.6 is 11.3 Å². The highest BCUT2D eigenvalue weighted by Gasteiger charge is 2.50. The maximum atomic E-state index is 14.3. The van der Waals surface area contributed by atoms with E-state index >= 15 is 0 Å². The number of fused-ring (bicyclic) bond motifs is 2. The molecule has 1 saturated carbocycles. The highest BCUT2D eigenvalue weighted by atomic mass is 32.1. The van der Waals surface area contributed by atoms with E-state index in [-0.39, 0.29) is 17.7 Å². The number of hydrogen-bond acceptors (Lipinski definition) is 8. The first-order chi connectivity index (χ1) is 21.0. The molecule has 9 nitrogen and oxygen atoms in total. The summed E-state index contributed by atoms with van der Waals surface area (Å²) in [4.78, 5) is 29.2. The van der Waals surface area contributed by atoms with Gasteiger partial charge < -0.3 is 14.4 Å². The van der Waals surface area contributed by atoms with Crippen LogP contribution in [0.5, 0.6) is 5.88 Å². The Hall–Kier alpha value is -4.66. The zero-order chi connectivity index (χ0) is 29.5. The van der Waals surface area contributed by atoms with Gasteiger partial charge in [0, 0.05) is 40.4 Å². The lowest BCUT2D eigenvalue weighted by atomic mass is 9.92. The second kappa shape index (κ2) is 11.2. The molecule has 11 heteroatoms. The largest absolute Gasteiger partial charge is 0.478 e. The molecule has 216 valence electrons. The van der Waals surface area contributed by atoms with Gasteiger partial charge in [-0.1, -0.05) is 12.1 Å². The van der Waals surface area contributed by atoms with Crippen LogP contribution in [0, 0.1) is 23.1 Å². The van der Waals surface area contributed by atoms with Crippen LogP contribution in [0.2, 0.25) is 0 Å². The minimum Gasteiger partial charge on any atom is -0.478 e. The molecule has 0 spiro atoms. The summed E-state index contributed by atoms with van der Waals surface area (Å²) in [5.41, 5.74) is 5.28. The standard InChI is InChI=1S/C32H27FN6O3S/c33-25-10-19(13-34)4-5-21(25)17-42-31-3-1-2-26(37-31)23-8-9-38(28-12-24(23)28)16-30-36-27-7-6-20(32(40)41)11-29(27)39(30)15-22-14-35-18-43-22/h1-7,10-11,14,18,23-24,28H,8-9,12,15-17H2,(H,40,41)/t23-,24+,28+/m0/s1. The number of carboxylic acid groups (broad SMARTS) is 1. The van der Waals surface area contributed by atoms with E-state index < -0.39 is 11.8 Å². The van der Waals surface area contributed by atoms with Crippen LogP contribution in [-0.2, 0) is 19.7 Å². The van der Waals surface area contributed by atoms with Gasteiger partial charge in [-0.15, -0.1) is 11.3 Å². The Morgan fingerprint density at radius 1 is 1.16 bits per heavy atom. The zero-order valence-corrected chi connectivity index (χ0v) is 23.9. The van der Waals surface area contributed by atoms with Crippen molar-refractivity contribution in [2.24, 2.45) is 5.92 Å². The molecule has 43 heavy (non-hydrogen) atoms. The summed E-state index contributed by atoms with van der Waals surface area (Å²) in [6.45, 7) is 2.19. The highest BCUT2D eigenvalue weighted by molar-refractivity contribution is 7.09. The van der Waals surface area contributed by atoms with E-state index in [0.29, 0.717) is 42.4 Å². The van der Waals surface area contributed by atoms with Gasteiger partial charge in [0.05, 0.1) is 46.8 Å². The summed E-state index contributed by atoms with van der Waals surface area (Å²) in [6, 6.07) is 17.6. The Morgan fingerprint density at radius 2 is 2.07 bits per heavy atom. The Bertz CT molecular complexity index is 1870. The van der Waals surface area contributed by atoms with Crippen molar-refractivity contribution in [3.8, 4) is 11.9 Å². The number of ether oxygens (including phenoxy) is 1. The van der Waals surface area contributed by atoms with Crippen molar-refractivity contribution in [3.63, 3.8) is 0 Å². The molecule has 1 aliphatic heterocycles. The third-order valence-electron chi connectivity index (χ3n) is 8.42. The third kappa shape index (κ3) is 5.47. The van der Waals surface area contributed by atoms with Gasteiger partial charge in [-0.05, 0) is 61.7 Å². The van der Waals surface area contributed by atoms with E-state index in [1.165, 1.54) is 6.07 Å². The molecule has 7 rings (SSSR count). The molecular formula is C32H27FN6O3S. The summed E-state index contributed by atoms with van der Waals surface area (Å²) in [5, 5.41) is 18.5. The lowest BCUT2D eigenvalue weighted by Crippen LogP contribution is -2.35. The fourth-order valence-electron chi connectivity index (χ4n) is 6.16. The minimum absolute atomic E-state index is 0.0367. The van der Waals surface area contributed by atoms with Crippen molar-refractivity contribution in [1.29, 1.82) is 5.26 Å². The van der Waals surface area contributed by atoms with E-state index in [0.717, 1.165) is 46.8 Å². The Balaban J connectivity index is 1.06. The maximum Gasteiger partial charge on any atom is 0.335 e. The number of hydrogen-bond donors (Lipinski definition) is 1. The molecule has 3 atom stereocenters. The quantitative estimate of drug-likeness (QED) is 0.234. The summed E-state index contributed by atoms with van der Waals surface area (Å²) >= 11 is 1.57. The molecule has 2 aromatic carbocycles. The van der Waals surface area contributed by atoms with Gasteiger partial charge in [-0.25, -0.2) is 19.2 Å². The van der Waals surface area contributed by atoms with Gasteiger partial charge in [0.25, 0.3) is 0 Å². The maximum absolute atomic E-state index is 14.3. The first kappa shape index (κ1) is 27.2. The predicted molar refractivity (Wildman–Crippen MR) is 157 cm³/mol. The van der Waals surface area contributed by atoms with Crippen LogP contribution in [0.1, 0.15) is 56.6 Å².